The number of aromatic nitrogens is 1. The fraction of sp³-hybridized carbons (Fsp3) is 0.400. The quantitative estimate of drug-likeness (QED) is 0.789. The number of amides is 1. The van der Waals surface area contributed by atoms with Crippen molar-refractivity contribution in [1.29, 1.82) is 0 Å². The molecule has 2 heterocycles. The largest absolute Gasteiger partial charge is 0.454 e. The molecule has 0 saturated heterocycles. The van der Waals surface area contributed by atoms with Gasteiger partial charge >= 0.3 is 5.97 Å². The lowest BCUT2D eigenvalue weighted by Crippen LogP contribution is -2.35. The summed E-state index contributed by atoms with van der Waals surface area (Å²) in [4.78, 5) is 24.7. The zero-order chi connectivity index (χ0) is 19.6. The highest BCUT2D eigenvalue weighted by atomic mass is 16.7. The Kier molecular flexibility index (Phi) is 5.39. The summed E-state index contributed by atoms with van der Waals surface area (Å²) in [6, 6.07) is 7.26. The van der Waals surface area contributed by atoms with E-state index in [9.17, 15) is 9.59 Å². The Morgan fingerprint density at radius 1 is 1.22 bits per heavy atom. The molecular weight excluding hydrogens is 348 g/mol. The van der Waals surface area contributed by atoms with Crippen LogP contribution in [0.5, 0.6) is 11.5 Å². The third kappa shape index (κ3) is 3.92. The standard InChI is InChI=1S/C20H24N2O5/c1-5-22-12(2)8-16(13(22)3)20(24)27-14(4)19(23)21-10-15-6-7-17-18(9-15)26-11-25-17/h6-9,14H,5,10-11H2,1-4H3,(H,21,23)/t14-/m0/s1. The summed E-state index contributed by atoms with van der Waals surface area (Å²) in [7, 11) is 0. The van der Waals surface area contributed by atoms with Crippen molar-refractivity contribution in [3.8, 4) is 11.5 Å². The number of ether oxygens (including phenoxy) is 3. The summed E-state index contributed by atoms with van der Waals surface area (Å²) < 4.78 is 18.0. The van der Waals surface area contributed by atoms with E-state index >= 15 is 0 Å². The molecule has 1 aliphatic rings. The molecule has 1 atom stereocenters. The smallest absolute Gasteiger partial charge is 0.340 e. The van der Waals surface area contributed by atoms with Gasteiger partial charge in [0.1, 0.15) is 0 Å². The van der Waals surface area contributed by atoms with E-state index in [0.29, 0.717) is 23.6 Å². The Morgan fingerprint density at radius 2 is 1.96 bits per heavy atom. The minimum absolute atomic E-state index is 0.205. The molecule has 0 aliphatic carbocycles. The number of carbonyl (C=O) groups excluding carboxylic acids is 2. The molecule has 0 bridgehead atoms. The van der Waals surface area contributed by atoms with Gasteiger partial charge in [-0.05, 0) is 51.5 Å². The van der Waals surface area contributed by atoms with Gasteiger partial charge in [-0.1, -0.05) is 6.07 Å². The van der Waals surface area contributed by atoms with Crippen molar-refractivity contribution in [2.24, 2.45) is 0 Å². The van der Waals surface area contributed by atoms with Crippen LogP contribution < -0.4 is 14.8 Å². The van der Waals surface area contributed by atoms with E-state index < -0.39 is 12.1 Å². The first kappa shape index (κ1) is 18.8. The number of hydrogen-bond donors (Lipinski definition) is 1. The van der Waals surface area contributed by atoms with Crippen LogP contribution in [0.2, 0.25) is 0 Å². The molecular formula is C20H24N2O5. The fourth-order valence-corrected chi connectivity index (χ4v) is 3.16. The van der Waals surface area contributed by atoms with E-state index in [2.05, 4.69) is 5.32 Å². The molecule has 27 heavy (non-hydrogen) atoms. The topological polar surface area (TPSA) is 78.8 Å². The van der Waals surface area contributed by atoms with Gasteiger partial charge in [0.25, 0.3) is 5.91 Å². The maximum absolute atomic E-state index is 12.4. The van der Waals surface area contributed by atoms with Gasteiger partial charge in [0, 0.05) is 24.5 Å². The molecule has 3 rings (SSSR count). The molecule has 0 spiro atoms. The van der Waals surface area contributed by atoms with Gasteiger partial charge in [-0.25, -0.2) is 4.79 Å². The predicted octanol–water partition coefficient (Wildman–Crippen LogP) is 2.72. The highest BCUT2D eigenvalue weighted by Gasteiger charge is 2.22. The molecule has 1 aliphatic heterocycles. The van der Waals surface area contributed by atoms with Crippen LogP contribution in [-0.4, -0.2) is 29.3 Å². The van der Waals surface area contributed by atoms with E-state index in [0.717, 1.165) is 23.5 Å². The number of carbonyl (C=O) groups is 2. The Balaban J connectivity index is 1.57. The molecule has 1 aromatic heterocycles. The zero-order valence-electron chi connectivity index (χ0n) is 16.0. The van der Waals surface area contributed by atoms with Crippen LogP contribution in [0.4, 0.5) is 0 Å². The maximum atomic E-state index is 12.4. The van der Waals surface area contributed by atoms with Crippen molar-refractivity contribution in [2.75, 3.05) is 6.79 Å². The van der Waals surface area contributed by atoms with E-state index in [4.69, 9.17) is 14.2 Å². The van der Waals surface area contributed by atoms with Crippen molar-refractivity contribution < 1.29 is 23.8 Å². The summed E-state index contributed by atoms with van der Waals surface area (Å²) in [5, 5.41) is 2.77. The zero-order valence-corrected chi connectivity index (χ0v) is 16.0. The van der Waals surface area contributed by atoms with Crippen molar-refractivity contribution in [1.82, 2.24) is 9.88 Å². The minimum atomic E-state index is -0.892. The molecule has 0 radical (unpaired) electrons. The number of nitrogens with zero attached hydrogens (tertiary/aromatic N) is 1. The Labute approximate surface area is 158 Å². The van der Waals surface area contributed by atoms with Crippen molar-refractivity contribution in [2.45, 2.75) is 46.9 Å². The number of fused-ring (bicyclic) bond motifs is 1. The van der Waals surface area contributed by atoms with Crippen molar-refractivity contribution in [3.63, 3.8) is 0 Å². The lowest BCUT2D eigenvalue weighted by molar-refractivity contribution is -0.129. The molecule has 0 saturated carbocycles. The minimum Gasteiger partial charge on any atom is -0.454 e. The number of aryl methyl sites for hydroxylation is 1. The molecule has 1 aromatic carbocycles. The van der Waals surface area contributed by atoms with Gasteiger partial charge in [0.05, 0.1) is 5.56 Å². The third-order valence-corrected chi connectivity index (χ3v) is 4.67. The van der Waals surface area contributed by atoms with E-state index in [1.54, 1.807) is 19.1 Å². The molecule has 0 unspecified atom stereocenters. The average molecular weight is 372 g/mol. The second-order valence-electron chi connectivity index (χ2n) is 6.48. The lowest BCUT2D eigenvalue weighted by atomic mass is 10.2. The Morgan fingerprint density at radius 3 is 2.67 bits per heavy atom. The molecule has 7 nitrogen and oxygen atoms in total. The van der Waals surface area contributed by atoms with E-state index in [1.165, 1.54) is 0 Å². The lowest BCUT2D eigenvalue weighted by Gasteiger charge is -2.14. The average Bonchev–Trinajstić information content (AvgIpc) is 3.22. The van der Waals surface area contributed by atoms with E-state index in [1.807, 2.05) is 37.5 Å². The van der Waals surface area contributed by atoms with Crippen LogP contribution in [0.1, 0.15) is 41.2 Å². The molecule has 2 aromatic rings. The number of hydrogen-bond acceptors (Lipinski definition) is 5. The van der Waals surface area contributed by atoms with Gasteiger partial charge in [-0.15, -0.1) is 0 Å². The Hall–Kier alpha value is -2.96. The van der Waals surface area contributed by atoms with Crippen LogP contribution in [0.25, 0.3) is 0 Å². The van der Waals surface area contributed by atoms with Gasteiger partial charge in [-0.3, -0.25) is 4.79 Å². The van der Waals surface area contributed by atoms with Gasteiger partial charge in [0.2, 0.25) is 6.79 Å². The summed E-state index contributed by atoms with van der Waals surface area (Å²) in [6.45, 7) is 8.68. The van der Waals surface area contributed by atoms with Crippen LogP contribution >= 0.6 is 0 Å². The SMILES string of the molecule is CCn1c(C)cc(C(=O)O[C@@H](C)C(=O)NCc2ccc3c(c2)OCO3)c1C. The highest BCUT2D eigenvalue weighted by molar-refractivity contribution is 5.93. The number of esters is 1. The van der Waals surface area contributed by atoms with Crippen molar-refractivity contribution >= 4 is 11.9 Å². The predicted molar refractivity (Wildman–Crippen MR) is 98.9 cm³/mol. The van der Waals surface area contributed by atoms with E-state index in [-0.39, 0.29) is 12.7 Å². The Bertz CT molecular complexity index is 871. The van der Waals surface area contributed by atoms with Crippen LogP contribution in [0, 0.1) is 13.8 Å². The van der Waals surface area contributed by atoms with Crippen LogP contribution in [-0.2, 0) is 22.6 Å². The normalized spacial score (nSPS) is 13.3. The molecule has 1 N–H and O–H groups in total. The highest BCUT2D eigenvalue weighted by Crippen LogP contribution is 2.32. The fourth-order valence-electron chi connectivity index (χ4n) is 3.16. The first-order valence-corrected chi connectivity index (χ1v) is 8.94. The molecule has 7 heteroatoms. The second kappa shape index (κ2) is 7.73. The van der Waals surface area contributed by atoms with Crippen LogP contribution in [0.15, 0.2) is 24.3 Å². The van der Waals surface area contributed by atoms with Gasteiger partial charge in [-0.2, -0.15) is 0 Å². The van der Waals surface area contributed by atoms with Gasteiger partial charge < -0.3 is 24.1 Å². The molecule has 0 fully saturated rings. The number of nitrogens with one attached hydrogen (secondary N) is 1. The summed E-state index contributed by atoms with van der Waals surface area (Å²) >= 11 is 0. The van der Waals surface area contributed by atoms with Gasteiger partial charge in [0.15, 0.2) is 17.6 Å². The van der Waals surface area contributed by atoms with Crippen LogP contribution in [0.3, 0.4) is 0 Å². The first-order valence-electron chi connectivity index (χ1n) is 8.94. The van der Waals surface area contributed by atoms with Crippen molar-refractivity contribution in [3.05, 3.63) is 46.8 Å². The first-order chi connectivity index (χ1) is 12.9. The second-order valence-corrected chi connectivity index (χ2v) is 6.48. The summed E-state index contributed by atoms with van der Waals surface area (Å²) in [5.41, 5.74) is 3.19. The summed E-state index contributed by atoms with van der Waals surface area (Å²) in [6.07, 6.45) is -0.892. The number of rotatable bonds is 6. The monoisotopic (exact) mass is 372 g/mol. The third-order valence-electron chi connectivity index (χ3n) is 4.67. The number of benzene rings is 1. The summed E-state index contributed by atoms with van der Waals surface area (Å²) in [5.74, 6) is 0.503. The molecule has 144 valence electrons. The maximum Gasteiger partial charge on any atom is 0.340 e. The molecule has 1 amide bonds.